The van der Waals surface area contributed by atoms with Gasteiger partial charge in [0.15, 0.2) is 0 Å². The first-order valence-corrected chi connectivity index (χ1v) is 6.52. The Hall–Kier alpha value is -2.15. The number of nitrogens with one attached hydrogen (secondary N) is 1. The van der Waals surface area contributed by atoms with Gasteiger partial charge in [-0.2, -0.15) is 0 Å². The van der Waals surface area contributed by atoms with E-state index in [1.54, 1.807) is 6.07 Å². The number of benzene rings is 1. The van der Waals surface area contributed by atoms with Crippen molar-refractivity contribution in [3.8, 4) is 0 Å². The van der Waals surface area contributed by atoms with E-state index in [1.807, 2.05) is 11.9 Å². The van der Waals surface area contributed by atoms with E-state index >= 15 is 0 Å². The topological polar surface area (TPSA) is 102 Å². The zero-order valence-electron chi connectivity index (χ0n) is 11.3. The van der Waals surface area contributed by atoms with Crippen molar-refractivity contribution in [2.24, 2.45) is 5.73 Å². The molecule has 1 atom stereocenters. The molecule has 1 heterocycles. The molecular weight excluding hydrogens is 260 g/mol. The second kappa shape index (κ2) is 5.87. The van der Waals surface area contributed by atoms with Crippen LogP contribution in [0.2, 0.25) is 0 Å². The number of amides is 1. The van der Waals surface area contributed by atoms with E-state index in [4.69, 9.17) is 5.73 Å². The van der Waals surface area contributed by atoms with Gasteiger partial charge in [-0.3, -0.25) is 14.9 Å². The maximum absolute atomic E-state index is 11.1. The largest absolute Gasteiger partial charge is 0.367 e. The summed E-state index contributed by atoms with van der Waals surface area (Å²) in [6.45, 7) is 1.68. The fourth-order valence-electron chi connectivity index (χ4n) is 2.49. The molecule has 2 rings (SSSR count). The van der Waals surface area contributed by atoms with Gasteiger partial charge in [0.05, 0.1) is 4.92 Å². The Kier molecular flexibility index (Phi) is 4.19. The molecule has 0 saturated carbocycles. The van der Waals surface area contributed by atoms with E-state index in [2.05, 4.69) is 5.32 Å². The summed E-state index contributed by atoms with van der Waals surface area (Å²) in [5, 5.41) is 14.5. The molecule has 1 unspecified atom stereocenters. The number of hydrogen-bond donors (Lipinski definition) is 2. The summed E-state index contributed by atoms with van der Waals surface area (Å²) in [5.41, 5.74) is 5.70. The predicted molar refractivity (Wildman–Crippen MR) is 75.9 cm³/mol. The van der Waals surface area contributed by atoms with Crippen LogP contribution in [-0.4, -0.2) is 37.0 Å². The van der Waals surface area contributed by atoms with E-state index in [9.17, 15) is 14.9 Å². The monoisotopic (exact) mass is 278 g/mol. The number of primary amides is 1. The number of nitro groups is 1. The molecule has 1 aromatic rings. The summed E-state index contributed by atoms with van der Waals surface area (Å²) in [6.07, 6.45) is 2.19. The van der Waals surface area contributed by atoms with Crippen molar-refractivity contribution in [2.75, 3.05) is 25.0 Å². The molecule has 3 N–H and O–H groups in total. The lowest BCUT2D eigenvalue weighted by Gasteiger charge is -2.23. The molecule has 1 aliphatic rings. The number of nitro benzene ring substituents is 1. The Bertz CT molecular complexity index is 526. The van der Waals surface area contributed by atoms with E-state index in [1.165, 1.54) is 12.1 Å². The molecule has 1 amide bonds. The molecule has 1 saturated heterocycles. The summed E-state index contributed by atoms with van der Waals surface area (Å²) in [7, 11) is 1.81. The SMILES string of the molecule is CN(CC1CCCN1)c1ccc(C(N)=O)cc1[N+](=O)[O-]. The van der Waals surface area contributed by atoms with Crippen molar-refractivity contribution in [2.45, 2.75) is 18.9 Å². The first-order valence-electron chi connectivity index (χ1n) is 6.52. The lowest BCUT2D eigenvalue weighted by molar-refractivity contribution is -0.384. The van der Waals surface area contributed by atoms with Gasteiger partial charge in [-0.05, 0) is 31.5 Å². The van der Waals surface area contributed by atoms with Gasteiger partial charge in [-0.1, -0.05) is 0 Å². The zero-order chi connectivity index (χ0) is 14.7. The molecule has 1 aromatic carbocycles. The van der Waals surface area contributed by atoms with Crippen LogP contribution in [-0.2, 0) is 0 Å². The minimum atomic E-state index is -0.667. The number of rotatable bonds is 5. The Labute approximate surface area is 116 Å². The summed E-state index contributed by atoms with van der Waals surface area (Å²) < 4.78 is 0. The highest BCUT2D eigenvalue weighted by Crippen LogP contribution is 2.29. The highest BCUT2D eigenvalue weighted by Gasteiger charge is 2.22. The van der Waals surface area contributed by atoms with Gasteiger partial charge in [-0.25, -0.2) is 0 Å². The highest BCUT2D eigenvalue weighted by molar-refractivity contribution is 5.94. The zero-order valence-corrected chi connectivity index (χ0v) is 11.3. The number of anilines is 1. The lowest BCUT2D eigenvalue weighted by Crippen LogP contribution is -2.35. The van der Waals surface area contributed by atoms with Crippen molar-refractivity contribution in [1.82, 2.24) is 5.32 Å². The highest BCUT2D eigenvalue weighted by atomic mass is 16.6. The van der Waals surface area contributed by atoms with Gasteiger partial charge >= 0.3 is 0 Å². The van der Waals surface area contributed by atoms with E-state index in [-0.39, 0.29) is 11.3 Å². The molecular formula is C13H18N4O3. The van der Waals surface area contributed by atoms with E-state index < -0.39 is 10.8 Å². The molecule has 0 aliphatic carbocycles. The van der Waals surface area contributed by atoms with Crippen LogP contribution in [0.3, 0.4) is 0 Å². The van der Waals surface area contributed by atoms with Gasteiger partial charge < -0.3 is 16.0 Å². The molecule has 7 nitrogen and oxygen atoms in total. The second-order valence-electron chi connectivity index (χ2n) is 5.00. The first kappa shape index (κ1) is 14.3. The molecule has 108 valence electrons. The predicted octanol–water partition coefficient (Wildman–Crippen LogP) is 0.882. The number of hydrogen-bond acceptors (Lipinski definition) is 5. The minimum absolute atomic E-state index is 0.0956. The van der Waals surface area contributed by atoms with E-state index in [0.717, 1.165) is 19.4 Å². The Morgan fingerprint density at radius 1 is 1.60 bits per heavy atom. The van der Waals surface area contributed by atoms with Crippen molar-refractivity contribution in [3.05, 3.63) is 33.9 Å². The van der Waals surface area contributed by atoms with Gasteiger partial charge in [-0.15, -0.1) is 0 Å². The number of nitrogens with zero attached hydrogens (tertiary/aromatic N) is 2. The summed E-state index contributed by atoms with van der Waals surface area (Å²) >= 11 is 0. The molecule has 0 spiro atoms. The molecule has 20 heavy (non-hydrogen) atoms. The van der Waals surface area contributed by atoms with Crippen LogP contribution in [0.1, 0.15) is 23.2 Å². The smallest absolute Gasteiger partial charge is 0.293 e. The molecule has 0 bridgehead atoms. The number of carbonyl (C=O) groups is 1. The van der Waals surface area contributed by atoms with Gasteiger partial charge in [0.2, 0.25) is 5.91 Å². The molecule has 0 aromatic heterocycles. The van der Waals surface area contributed by atoms with Crippen molar-refractivity contribution >= 4 is 17.3 Å². The average Bonchev–Trinajstić information content (AvgIpc) is 2.90. The number of carbonyl (C=O) groups excluding carboxylic acids is 1. The van der Waals surface area contributed by atoms with Crippen LogP contribution in [0.15, 0.2) is 18.2 Å². The van der Waals surface area contributed by atoms with Crippen LogP contribution < -0.4 is 16.0 Å². The van der Waals surface area contributed by atoms with Crippen LogP contribution in [0.5, 0.6) is 0 Å². The lowest BCUT2D eigenvalue weighted by atomic mass is 10.1. The standard InChI is InChI=1S/C13H18N4O3/c1-16(8-10-3-2-6-15-10)11-5-4-9(13(14)18)7-12(11)17(19)20/h4-5,7,10,15H,2-3,6,8H2,1H3,(H2,14,18). The minimum Gasteiger partial charge on any atom is -0.367 e. The van der Waals surface area contributed by atoms with Crippen LogP contribution >= 0.6 is 0 Å². The molecule has 0 radical (unpaired) electrons. The van der Waals surface area contributed by atoms with Crippen LogP contribution in [0, 0.1) is 10.1 Å². The quantitative estimate of drug-likeness (QED) is 0.615. The second-order valence-corrected chi connectivity index (χ2v) is 5.00. The molecule has 1 aliphatic heterocycles. The summed E-state index contributed by atoms with van der Waals surface area (Å²) in [4.78, 5) is 23.6. The fraction of sp³-hybridized carbons (Fsp3) is 0.462. The van der Waals surface area contributed by atoms with Crippen molar-refractivity contribution < 1.29 is 9.72 Å². The Morgan fingerprint density at radius 3 is 2.90 bits per heavy atom. The van der Waals surface area contributed by atoms with Crippen molar-refractivity contribution in [3.63, 3.8) is 0 Å². The molecule has 1 fully saturated rings. The third kappa shape index (κ3) is 3.05. The Morgan fingerprint density at radius 2 is 2.35 bits per heavy atom. The first-order chi connectivity index (χ1) is 9.49. The average molecular weight is 278 g/mol. The number of likely N-dealkylation sites (N-methyl/N-ethyl adjacent to an activating group) is 1. The Balaban J connectivity index is 2.24. The summed E-state index contributed by atoms with van der Waals surface area (Å²) in [6, 6.07) is 4.67. The van der Waals surface area contributed by atoms with Crippen LogP contribution in [0.4, 0.5) is 11.4 Å². The van der Waals surface area contributed by atoms with E-state index in [0.29, 0.717) is 18.3 Å². The van der Waals surface area contributed by atoms with Gasteiger partial charge in [0, 0.05) is 31.3 Å². The third-order valence-corrected chi connectivity index (χ3v) is 3.52. The van der Waals surface area contributed by atoms with Gasteiger partial charge in [0.1, 0.15) is 5.69 Å². The fourth-order valence-corrected chi connectivity index (χ4v) is 2.49. The van der Waals surface area contributed by atoms with Crippen molar-refractivity contribution in [1.29, 1.82) is 0 Å². The van der Waals surface area contributed by atoms with Crippen LogP contribution in [0.25, 0.3) is 0 Å². The maximum atomic E-state index is 11.1. The third-order valence-electron chi connectivity index (χ3n) is 3.52. The normalized spacial score (nSPS) is 17.9. The van der Waals surface area contributed by atoms with Gasteiger partial charge in [0.25, 0.3) is 5.69 Å². The molecule has 7 heteroatoms. The maximum Gasteiger partial charge on any atom is 0.293 e. The summed E-state index contributed by atoms with van der Waals surface area (Å²) in [5.74, 6) is -0.667. The number of nitrogens with two attached hydrogens (primary N) is 1.